The Morgan fingerprint density at radius 1 is 1.18 bits per heavy atom. The molecule has 0 fully saturated rings. The Bertz CT molecular complexity index is 371. The Morgan fingerprint density at radius 2 is 1.73 bits per heavy atom. The van der Waals surface area contributed by atoms with E-state index in [0.29, 0.717) is 0 Å². The van der Waals surface area contributed by atoms with Crippen LogP contribution in [0.1, 0.15) is 61.3 Å². The quantitative estimate of drug-likeness (QED) is 0.404. The van der Waals surface area contributed by atoms with E-state index in [4.69, 9.17) is 9.47 Å². The number of ether oxygens (including phenoxy) is 2. The Hall–Kier alpha value is -1.14. The Kier molecular flexibility index (Phi) is 8.04. The van der Waals surface area contributed by atoms with Crippen LogP contribution in [0.2, 0.25) is 0 Å². The molecule has 0 spiro atoms. The molecule has 0 heterocycles. The first-order valence-corrected chi connectivity index (χ1v) is 7.81. The molecular formula is C16H31NO5. The topological polar surface area (TPSA) is 84.9 Å². The smallest absolute Gasteiger partial charge is 0.353 e. The molecule has 2 N–H and O–H groups in total. The maximum atomic E-state index is 12.2. The molecule has 0 radical (unpaired) electrons. The summed E-state index contributed by atoms with van der Waals surface area (Å²) in [5.74, 6) is -1.47. The van der Waals surface area contributed by atoms with Crippen molar-refractivity contribution < 1.29 is 24.2 Å². The third kappa shape index (κ3) is 7.75. The molecule has 0 amide bonds. The van der Waals surface area contributed by atoms with Gasteiger partial charge >= 0.3 is 11.9 Å². The molecule has 0 aliphatic heterocycles. The van der Waals surface area contributed by atoms with Crippen LogP contribution >= 0.6 is 0 Å². The van der Waals surface area contributed by atoms with Gasteiger partial charge in [-0.1, -0.05) is 27.2 Å². The van der Waals surface area contributed by atoms with Gasteiger partial charge in [0.25, 0.3) is 0 Å². The fourth-order valence-corrected chi connectivity index (χ4v) is 1.67. The molecular weight excluding hydrogens is 286 g/mol. The van der Waals surface area contributed by atoms with E-state index in [2.05, 4.69) is 5.32 Å². The average molecular weight is 317 g/mol. The molecule has 0 unspecified atom stereocenters. The molecule has 6 heteroatoms. The molecule has 130 valence electrons. The van der Waals surface area contributed by atoms with Gasteiger partial charge in [-0.25, -0.2) is 4.79 Å². The fourth-order valence-electron chi connectivity index (χ4n) is 1.67. The van der Waals surface area contributed by atoms with Gasteiger partial charge < -0.3 is 14.6 Å². The van der Waals surface area contributed by atoms with E-state index in [-0.39, 0.29) is 12.5 Å². The second-order valence-corrected chi connectivity index (χ2v) is 6.96. The van der Waals surface area contributed by atoms with E-state index >= 15 is 0 Å². The lowest BCUT2D eigenvalue weighted by molar-refractivity contribution is -0.173. The lowest BCUT2D eigenvalue weighted by Crippen LogP contribution is -2.59. The highest BCUT2D eigenvalue weighted by molar-refractivity contribution is 5.81. The first kappa shape index (κ1) is 20.9. The van der Waals surface area contributed by atoms with Crippen LogP contribution in [0, 0.1) is 5.92 Å². The summed E-state index contributed by atoms with van der Waals surface area (Å²) >= 11 is 0. The van der Waals surface area contributed by atoms with Crippen molar-refractivity contribution in [2.24, 2.45) is 5.92 Å². The van der Waals surface area contributed by atoms with Crippen molar-refractivity contribution in [3.63, 3.8) is 0 Å². The minimum atomic E-state index is -1.94. The lowest BCUT2D eigenvalue weighted by Gasteiger charge is -2.31. The van der Waals surface area contributed by atoms with Crippen LogP contribution in [0.4, 0.5) is 0 Å². The van der Waals surface area contributed by atoms with Crippen molar-refractivity contribution in [1.82, 2.24) is 5.32 Å². The normalized spacial score (nSPS) is 16.0. The number of unbranched alkanes of at least 4 members (excludes halogenated alkanes) is 1. The molecule has 0 aliphatic carbocycles. The van der Waals surface area contributed by atoms with Crippen molar-refractivity contribution in [2.75, 3.05) is 6.61 Å². The molecule has 0 bridgehead atoms. The summed E-state index contributed by atoms with van der Waals surface area (Å²) in [5, 5.41) is 12.9. The molecule has 22 heavy (non-hydrogen) atoms. The number of esters is 2. The first-order chi connectivity index (χ1) is 9.90. The number of rotatable bonds is 8. The van der Waals surface area contributed by atoms with E-state index in [9.17, 15) is 14.7 Å². The first-order valence-electron chi connectivity index (χ1n) is 7.81. The zero-order chi connectivity index (χ0) is 17.6. The summed E-state index contributed by atoms with van der Waals surface area (Å²) in [4.78, 5) is 24.1. The summed E-state index contributed by atoms with van der Waals surface area (Å²) in [7, 11) is 0. The largest absolute Gasteiger partial charge is 0.463 e. The average Bonchev–Trinajstić information content (AvgIpc) is 2.33. The zero-order valence-corrected chi connectivity index (χ0v) is 14.9. The van der Waals surface area contributed by atoms with Crippen LogP contribution in [0.3, 0.4) is 0 Å². The number of carbonyl (C=O) groups is 2. The van der Waals surface area contributed by atoms with Gasteiger partial charge in [0.15, 0.2) is 0 Å². The van der Waals surface area contributed by atoms with Crippen molar-refractivity contribution in [3.8, 4) is 0 Å². The van der Waals surface area contributed by atoms with Crippen LogP contribution in [-0.4, -0.2) is 41.0 Å². The van der Waals surface area contributed by atoms with Crippen LogP contribution in [0.25, 0.3) is 0 Å². The molecule has 0 aromatic carbocycles. The van der Waals surface area contributed by atoms with Crippen molar-refractivity contribution in [2.45, 2.75) is 78.7 Å². The standard InChI is InChI=1S/C16H31NO5/c1-8-9-10-21-14(19)16(7,20)17-12(11(2)3)13(18)22-15(4,5)6/h11-12,17,20H,8-10H2,1-7H3/t12-,16-/m0/s1. The van der Waals surface area contributed by atoms with E-state index in [1.54, 1.807) is 34.6 Å². The predicted octanol–water partition coefficient (Wildman–Crippen LogP) is 1.99. The van der Waals surface area contributed by atoms with Crippen molar-refractivity contribution in [1.29, 1.82) is 0 Å². The molecule has 0 rings (SSSR count). The third-order valence-electron chi connectivity index (χ3n) is 2.89. The molecule has 0 aromatic heterocycles. The van der Waals surface area contributed by atoms with E-state index < -0.39 is 29.3 Å². The fraction of sp³-hybridized carbons (Fsp3) is 0.875. The van der Waals surface area contributed by atoms with Gasteiger partial charge in [0.1, 0.15) is 11.6 Å². The van der Waals surface area contributed by atoms with Crippen molar-refractivity contribution in [3.05, 3.63) is 0 Å². The summed E-state index contributed by atoms with van der Waals surface area (Å²) < 4.78 is 10.3. The summed E-state index contributed by atoms with van der Waals surface area (Å²) in [5.41, 5.74) is -2.58. The summed E-state index contributed by atoms with van der Waals surface area (Å²) in [6.07, 6.45) is 1.61. The second kappa shape index (κ2) is 8.48. The van der Waals surface area contributed by atoms with Crippen LogP contribution in [0.5, 0.6) is 0 Å². The molecule has 0 saturated heterocycles. The molecule has 0 aromatic rings. The van der Waals surface area contributed by atoms with Gasteiger partial charge in [-0.15, -0.1) is 0 Å². The number of nitrogens with one attached hydrogen (secondary N) is 1. The van der Waals surface area contributed by atoms with Crippen LogP contribution in [-0.2, 0) is 19.1 Å². The maximum Gasteiger partial charge on any atom is 0.353 e. The highest BCUT2D eigenvalue weighted by Crippen LogP contribution is 2.15. The van der Waals surface area contributed by atoms with Crippen LogP contribution < -0.4 is 5.32 Å². The Morgan fingerprint density at radius 3 is 2.14 bits per heavy atom. The molecule has 6 nitrogen and oxygen atoms in total. The van der Waals surface area contributed by atoms with Crippen LogP contribution in [0.15, 0.2) is 0 Å². The van der Waals surface area contributed by atoms with E-state index in [1.165, 1.54) is 6.92 Å². The zero-order valence-electron chi connectivity index (χ0n) is 14.9. The summed E-state index contributed by atoms with van der Waals surface area (Å²) in [6.45, 7) is 12.4. The monoisotopic (exact) mass is 317 g/mol. The van der Waals surface area contributed by atoms with Gasteiger partial charge in [0.05, 0.1) is 6.61 Å². The SMILES string of the molecule is CCCCOC(=O)[C@](C)(O)N[C@H](C(=O)OC(C)(C)C)C(C)C. The Balaban J connectivity index is 4.85. The lowest BCUT2D eigenvalue weighted by atomic mass is 10.0. The van der Waals surface area contributed by atoms with Gasteiger partial charge in [0.2, 0.25) is 5.72 Å². The maximum absolute atomic E-state index is 12.2. The molecule has 0 aliphatic rings. The third-order valence-corrected chi connectivity index (χ3v) is 2.89. The van der Waals surface area contributed by atoms with Gasteiger partial charge in [0, 0.05) is 0 Å². The van der Waals surface area contributed by atoms with Crippen molar-refractivity contribution >= 4 is 11.9 Å². The van der Waals surface area contributed by atoms with Gasteiger partial charge in [-0.2, -0.15) is 0 Å². The van der Waals surface area contributed by atoms with E-state index in [0.717, 1.165) is 12.8 Å². The molecule has 0 saturated carbocycles. The number of hydrogen-bond donors (Lipinski definition) is 2. The molecule has 2 atom stereocenters. The highest BCUT2D eigenvalue weighted by atomic mass is 16.6. The Labute approximate surface area is 133 Å². The predicted molar refractivity (Wildman–Crippen MR) is 84.1 cm³/mol. The number of hydrogen-bond acceptors (Lipinski definition) is 6. The van der Waals surface area contributed by atoms with Gasteiger partial charge in [-0.3, -0.25) is 10.1 Å². The van der Waals surface area contributed by atoms with Gasteiger partial charge in [-0.05, 0) is 40.0 Å². The number of aliphatic hydroxyl groups is 1. The minimum absolute atomic E-state index is 0.162. The minimum Gasteiger partial charge on any atom is -0.463 e. The highest BCUT2D eigenvalue weighted by Gasteiger charge is 2.39. The number of carbonyl (C=O) groups excluding carboxylic acids is 2. The summed E-state index contributed by atoms with van der Waals surface area (Å²) in [6, 6.07) is -0.812. The van der Waals surface area contributed by atoms with E-state index in [1.807, 2.05) is 6.92 Å². The second-order valence-electron chi connectivity index (χ2n) is 6.96.